The van der Waals surface area contributed by atoms with Crippen molar-refractivity contribution in [1.82, 2.24) is 0 Å². The second-order valence-corrected chi connectivity index (χ2v) is 3.94. The van der Waals surface area contributed by atoms with Crippen LogP contribution < -0.4 is 0 Å². The Bertz CT molecular complexity index is 322. The van der Waals surface area contributed by atoms with E-state index in [0.29, 0.717) is 6.42 Å². The lowest BCUT2D eigenvalue weighted by Gasteiger charge is -2.09. The topological polar surface area (TPSA) is 20.2 Å². The summed E-state index contributed by atoms with van der Waals surface area (Å²) in [7, 11) is 0. The molecule has 0 aromatic heterocycles. The molecule has 1 aromatic rings. The van der Waals surface area contributed by atoms with Gasteiger partial charge in [-0.2, -0.15) is 0 Å². The minimum Gasteiger partial charge on any atom is -0.389 e. The zero-order valence-corrected chi connectivity index (χ0v) is 9.12. The lowest BCUT2D eigenvalue weighted by atomic mass is 10.0. The summed E-state index contributed by atoms with van der Waals surface area (Å²) in [6.07, 6.45) is 2.24. The highest BCUT2D eigenvalue weighted by Gasteiger charge is 2.03. The molecule has 76 valence electrons. The van der Waals surface area contributed by atoms with Crippen molar-refractivity contribution in [2.24, 2.45) is 0 Å². The Labute approximate surface area is 86.1 Å². The largest absolute Gasteiger partial charge is 0.389 e. The Balaban J connectivity index is 2.70. The SMILES string of the molecule is CC(C)=CC(O)Cc1ccccc1C. The number of allylic oxidation sites excluding steroid dienone is 1. The third-order valence-electron chi connectivity index (χ3n) is 2.22. The highest BCUT2D eigenvalue weighted by atomic mass is 16.3. The van der Waals surface area contributed by atoms with Gasteiger partial charge in [0.15, 0.2) is 0 Å². The van der Waals surface area contributed by atoms with Crippen LogP contribution in [0.25, 0.3) is 0 Å². The fourth-order valence-electron chi connectivity index (χ4n) is 1.51. The second-order valence-electron chi connectivity index (χ2n) is 3.94. The number of hydrogen-bond donors (Lipinski definition) is 1. The predicted molar refractivity (Wildman–Crippen MR) is 60.3 cm³/mol. The molecular formula is C13H18O. The molecule has 1 aromatic carbocycles. The Morgan fingerprint density at radius 2 is 2.00 bits per heavy atom. The van der Waals surface area contributed by atoms with Gasteiger partial charge in [0.1, 0.15) is 0 Å². The van der Waals surface area contributed by atoms with Crippen molar-refractivity contribution in [2.45, 2.75) is 33.3 Å². The van der Waals surface area contributed by atoms with Gasteiger partial charge in [-0.05, 0) is 31.9 Å². The zero-order valence-electron chi connectivity index (χ0n) is 9.12. The molecule has 0 heterocycles. The van der Waals surface area contributed by atoms with Gasteiger partial charge in [-0.3, -0.25) is 0 Å². The maximum Gasteiger partial charge on any atom is 0.0763 e. The van der Waals surface area contributed by atoms with E-state index in [9.17, 15) is 5.11 Å². The lowest BCUT2D eigenvalue weighted by Crippen LogP contribution is -2.08. The third-order valence-corrected chi connectivity index (χ3v) is 2.22. The van der Waals surface area contributed by atoms with Crippen LogP contribution in [0.3, 0.4) is 0 Å². The fraction of sp³-hybridized carbons (Fsp3) is 0.385. The van der Waals surface area contributed by atoms with Crippen molar-refractivity contribution >= 4 is 0 Å². The van der Waals surface area contributed by atoms with Crippen molar-refractivity contribution in [3.8, 4) is 0 Å². The van der Waals surface area contributed by atoms with E-state index >= 15 is 0 Å². The molecule has 0 aliphatic carbocycles. The first-order valence-electron chi connectivity index (χ1n) is 4.97. The maximum absolute atomic E-state index is 9.72. The number of rotatable bonds is 3. The molecule has 0 fully saturated rings. The number of aryl methyl sites for hydroxylation is 1. The monoisotopic (exact) mass is 190 g/mol. The molecule has 0 radical (unpaired) electrons. The van der Waals surface area contributed by atoms with Crippen molar-refractivity contribution < 1.29 is 5.11 Å². The highest BCUT2D eigenvalue weighted by molar-refractivity contribution is 5.26. The van der Waals surface area contributed by atoms with Crippen LogP contribution in [0.1, 0.15) is 25.0 Å². The van der Waals surface area contributed by atoms with Crippen LogP contribution >= 0.6 is 0 Å². The van der Waals surface area contributed by atoms with Crippen LogP contribution in [-0.4, -0.2) is 11.2 Å². The van der Waals surface area contributed by atoms with Crippen molar-refractivity contribution in [2.75, 3.05) is 0 Å². The molecule has 0 saturated heterocycles. The quantitative estimate of drug-likeness (QED) is 0.727. The Hall–Kier alpha value is -1.08. The Kier molecular flexibility index (Phi) is 3.90. The van der Waals surface area contributed by atoms with E-state index < -0.39 is 0 Å². The molecule has 0 aliphatic rings. The summed E-state index contributed by atoms with van der Waals surface area (Å²) in [5.74, 6) is 0. The van der Waals surface area contributed by atoms with Crippen LogP contribution in [0.2, 0.25) is 0 Å². The molecule has 1 heteroatoms. The molecular weight excluding hydrogens is 172 g/mol. The molecule has 0 bridgehead atoms. The van der Waals surface area contributed by atoms with Crippen molar-refractivity contribution in [1.29, 1.82) is 0 Å². The molecule has 1 rings (SSSR count). The number of hydrogen-bond acceptors (Lipinski definition) is 1. The van der Waals surface area contributed by atoms with E-state index in [-0.39, 0.29) is 6.10 Å². The van der Waals surface area contributed by atoms with Crippen LogP contribution in [0.4, 0.5) is 0 Å². The van der Waals surface area contributed by atoms with E-state index in [1.54, 1.807) is 0 Å². The Morgan fingerprint density at radius 3 is 2.57 bits per heavy atom. The highest BCUT2D eigenvalue weighted by Crippen LogP contribution is 2.10. The summed E-state index contributed by atoms with van der Waals surface area (Å²) in [5.41, 5.74) is 3.62. The van der Waals surface area contributed by atoms with Gasteiger partial charge in [-0.1, -0.05) is 35.9 Å². The van der Waals surface area contributed by atoms with Crippen LogP contribution in [0.15, 0.2) is 35.9 Å². The summed E-state index contributed by atoms with van der Waals surface area (Å²) in [5, 5.41) is 9.72. The normalized spacial score (nSPS) is 12.3. The standard InChI is InChI=1S/C13H18O/c1-10(2)8-13(14)9-12-7-5-4-6-11(12)3/h4-8,13-14H,9H2,1-3H3. The third kappa shape index (κ3) is 3.35. The minimum absolute atomic E-state index is 0.360. The van der Waals surface area contributed by atoms with Crippen molar-refractivity contribution in [3.05, 3.63) is 47.0 Å². The first-order chi connectivity index (χ1) is 6.59. The van der Waals surface area contributed by atoms with Crippen LogP contribution in [-0.2, 0) is 6.42 Å². The van der Waals surface area contributed by atoms with Gasteiger partial charge in [0.2, 0.25) is 0 Å². The predicted octanol–water partition coefficient (Wildman–Crippen LogP) is 2.86. The van der Waals surface area contributed by atoms with Gasteiger partial charge in [-0.25, -0.2) is 0 Å². The molecule has 0 aliphatic heterocycles. The van der Waals surface area contributed by atoms with E-state index in [0.717, 1.165) is 5.57 Å². The summed E-state index contributed by atoms with van der Waals surface area (Å²) in [6.45, 7) is 6.08. The van der Waals surface area contributed by atoms with E-state index in [2.05, 4.69) is 19.1 Å². The van der Waals surface area contributed by atoms with Gasteiger partial charge in [-0.15, -0.1) is 0 Å². The smallest absolute Gasteiger partial charge is 0.0763 e. The van der Waals surface area contributed by atoms with E-state index in [4.69, 9.17) is 0 Å². The fourth-order valence-corrected chi connectivity index (χ4v) is 1.51. The average molecular weight is 190 g/mol. The van der Waals surface area contributed by atoms with Crippen LogP contribution in [0.5, 0.6) is 0 Å². The van der Waals surface area contributed by atoms with Gasteiger partial charge < -0.3 is 5.11 Å². The first-order valence-corrected chi connectivity index (χ1v) is 4.97. The number of aliphatic hydroxyl groups is 1. The molecule has 0 amide bonds. The zero-order chi connectivity index (χ0) is 10.6. The van der Waals surface area contributed by atoms with Gasteiger partial charge in [0.25, 0.3) is 0 Å². The Morgan fingerprint density at radius 1 is 1.36 bits per heavy atom. The molecule has 0 spiro atoms. The van der Waals surface area contributed by atoms with E-state index in [1.807, 2.05) is 32.1 Å². The molecule has 1 unspecified atom stereocenters. The summed E-state index contributed by atoms with van der Waals surface area (Å²) in [4.78, 5) is 0. The van der Waals surface area contributed by atoms with Gasteiger partial charge in [0.05, 0.1) is 6.10 Å². The van der Waals surface area contributed by atoms with Gasteiger partial charge >= 0.3 is 0 Å². The average Bonchev–Trinajstić information content (AvgIpc) is 2.07. The van der Waals surface area contributed by atoms with E-state index in [1.165, 1.54) is 11.1 Å². The number of aliphatic hydroxyl groups excluding tert-OH is 1. The molecule has 14 heavy (non-hydrogen) atoms. The molecule has 1 nitrogen and oxygen atoms in total. The summed E-state index contributed by atoms with van der Waals surface area (Å²) >= 11 is 0. The maximum atomic E-state index is 9.72. The lowest BCUT2D eigenvalue weighted by molar-refractivity contribution is 0.223. The molecule has 1 atom stereocenters. The number of benzene rings is 1. The molecule has 0 saturated carbocycles. The van der Waals surface area contributed by atoms with Crippen LogP contribution in [0, 0.1) is 6.92 Å². The van der Waals surface area contributed by atoms with Crippen molar-refractivity contribution in [3.63, 3.8) is 0 Å². The van der Waals surface area contributed by atoms with Gasteiger partial charge in [0, 0.05) is 6.42 Å². The second kappa shape index (κ2) is 4.97. The summed E-state index contributed by atoms with van der Waals surface area (Å²) < 4.78 is 0. The summed E-state index contributed by atoms with van der Waals surface area (Å²) in [6, 6.07) is 8.17. The minimum atomic E-state index is -0.360. The molecule has 1 N–H and O–H groups in total. The first kappa shape index (κ1) is 11.0.